The molecule has 76 valence electrons. The van der Waals surface area contributed by atoms with Crippen molar-refractivity contribution in [1.29, 1.82) is 0 Å². The van der Waals surface area contributed by atoms with Crippen LogP contribution in [0, 0.1) is 5.82 Å². The van der Waals surface area contributed by atoms with E-state index in [9.17, 15) is 4.39 Å². The first-order valence-electron chi connectivity index (χ1n) is 4.95. The molecule has 2 rings (SSSR count). The summed E-state index contributed by atoms with van der Waals surface area (Å²) in [5.41, 5.74) is 7.28. The van der Waals surface area contributed by atoms with E-state index in [4.69, 9.17) is 10.5 Å². The lowest BCUT2D eigenvalue weighted by Crippen LogP contribution is -2.02. The third kappa shape index (κ3) is 1.73. The third-order valence-electron chi connectivity index (χ3n) is 2.51. The van der Waals surface area contributed by atoms with Gasteiger partial charge in [0.2, 0.25) is 0 Å². The number of nitrogens with two attached hydrogens (primary N) is 1. The lowest BCUT2D eigenvalue weighted by atomic mass is 10.0. The fourth-order valence-electron chi connectivity index (χ4n) is 1.74. The van der Waals surface area contributed by atoms with Gasteiger partial charge < -0.3 is 10.5 Å². The molecule has 1 aliphatic rings. The zero-order valence-corrected chi connectivity index (χ0v) is 8.05. The van der Waals surface area contributed by atoms with Gasteiger partial charge in [0.15, 0.2) is 0 Å². The maximum Gasteiger partial charge on any atom is 0.130 e. The number of rotatable bonds is 3. The van der Waals surface area contributed by atoms with Gasteiger partial charge >= 0.3 is 0 Å². The lowest BCUT2D eigenvalue weighted by Gasteiger charge is -2.05. The van der Waals surface area contributed by atoms with Gasteiger partial charge in [0, 0.05) is 12.5 Å². The first-order chi connectivity index (χ1) is 6.81. The van der Waals surface area contributed by atoms with Crippen molar-refractivity contribution in [1.82, 2.24) is 0 Å². The molecule has 3 heteroatoms. The number of aryl methyl sites for hydroxylation is 1. The van der Waals surface area contributed by atoms with Crippen LogP contribution in [0.5, 0.6) is 5.75 Å². The van der Waals surface area contributed by atoms with E-state index in [-0.39, 0.29) is 5.82 Å². The molecule has 0 spiro atoms. The molecule has 0 fully saturated rings. The van der Waals surface area contributed by atoms with E-state index in [2.05, 4.69) is 0 Å². The van der Waals surface area contributed by atoms with E-state index in [1.54, 1.807) is 0 Å². The van der Waals surface area contributed by atoms with Crippen LogP contribution in [0.15, 0.2) is 12.1 Å². The summed E-state index contributed by atoms with van der Waals surface area (Å²) in [4.78, 5) is 0. The van der Waals surface area contributed by atoms with Gasteiger partial charge in [-0.1, -0.05) is 0 Å². The van der Waals surface area contributed by atoms with Crippen molar-refractivity contribution in [2.24, 2.45) is 5.73 Å². The summed E-state index contributed by atoms with van der Waals surface area (Å²) in [5, 5.41) is 0. The molecule has 0 saturated heterocycles. The quantitative estimate of drug-likeness (QED) is 0.796. The predicted octanol–water partition coefficient (Wildman–Crippen LogP) is 1.65. The Morgan fingerprint density at radius 2 is 2.29 bits per heavy atom. The highest BCUT2D eigenvalue weighted by Gasteiger charge is 2.15. The van der Waals surface area contributed by atoms with E-state index in [0.29, 0.717) is 18.9 Å². The second kappa shape index (κ2) is 3.96. The molecule has 0 bridgehead atoms. The second-order valence-corrected chi connectivity index (χ2v) is 3.54. The summed E-state index contributed by atoms with van der Waals surface area (Å²) < 4.78 is 18.7. The first kappa shape index (κ1) is 9.46. The average molecular weight is 195 g/mol. The Balaban J connectivity index is 2.23. The van der Waals surface area contributed by atoms with Gasteiger partial charge in [-0.25, -0.2) is 4.39 Å². The van der Waals surface area contributed by atoms with Gasteiger partial charge in [-0.15, -0.1) is 0 Å². The summed E-state index contributed by atoms with van der Waals surface area (Å²) in [7, 11) is 0. The van der Waals surface area contributed by atoms with Crippen molar-refractivity contribution >= 4 is 0 Å². The molecule has 1 aromatic carbocycles. The second-order valence-electron chi connectivity index (χ2n) is 3.54. The minimum Gasteiger partial charge on any atom is -0.493 e. The molecule has 2 nitrogen and oxygen atoms in total. The number of benzene rings is 1. The Morgan fingerprint density at radius 3 is 3.07 bits per heavy atom. The number of fused-ring (bicyclic) bond motifs is 1. The highest BCUT2D eigenvalue weighted by molar-refractivity contribution is 5.40. The van der Waals surface area contributed by atoms with Gasteiger partial charge in [0.05, 0.1) is 6.61 Å². The topological polar surface area (TPSA) is 35.2 Å². The van der Waals surface area contributed by atoms with Crippen LogP contribution in [0.3, 0.4) is 0 Å². The number of ether oxygens (including phenoxy) is 1. The Hall–Kier alpha value is -1.09. The van der Waals surface area contributed by atoms with Crippen LogP contribution in [-0.2, 0) is 12.8 Å². The van der Waals surface area contributed by atoms with Crippen molar-refractivity contribution in [2.75, 3.05) is 13.2 Å². The van der Waals surface area contributed by atoms with Gasteiger partial charge in [-0.05, 0) is 36.6 Å². The van der Waals surface area contributed by atoms with Crippen LogP contribution in [0.25, 0.3) is 0 Å². The van der Waals surface area contributed by atoms with Crippen LogP contribution < -0.4 is 10.5 Å². The maximum atomic E-state index is 13.4. The molecule has 1 aliphatic heterocycles. The third-order valence-corrected chi connectivity index (χ3v) is 2.51. The molecule has 0 atom stereocenters. The molecule has 2 N–H and O–H groups in total. The van der Waals surface area contributed by atoms with Crippen LogP contribution in [0.1, 0.15) is 17.5 Å². The summed E-state index contributed by atoms with van der Waals surface area (Å²) in [5.74, 6) is 0.540. The molecular weight excluding hydrogens is 181 g/mol. The van der Waals surface area contributed by atoms with Crippen molar-refractivity contribution in [2.45, 2.75) is 19.3 Å². The molecule has 0 saturated carbocycles. The van der Waals surface area contributed by atoms with Gasteiger partial charge in [-0.2, -0.15) is 0 Å². The zero-order chi connectivity index (χ0) is 9.97. The summed E-state index contributed by atoms with van der Waals surface area (Å²) in [6.45, 7) is 1.28. The Morgan fingerprint density at radius 1 is 1.43 bits per heavy atom. The van der Waals surface area contributed by atoms with Crippen LogP contribution in [0.2, 0.25) is 0 Å². The molecule has 14 heavy (non-hydrogen) atoms. The van der Waals surface area contributed by atoms with Gasteiger partial charge in [0.1, 0.15) is 11.6 Å². The SMILES string of the molecule is NCCCc1cc2c(cc1F)OCC2. The Labute approximate surface area is 82.9 Å². The molecule has 0 unspecified atom stereocenters. The summed E-state index contributed by atoms with van der Waals surface area (Å²) in [6, 6.07) is 3.40. The van der Waals surface area contributed by atoms with Crippen molar-refractivity contribution < 1.29 is 9.13 Å². The molecule has 1 aromatic rings. The number of hydrogen-bond acceptors (Lipinski definition) is 2. The minimum absolute atomic E-state index is 0.167. The predicted molar refractivity (Wildman–Crippen MR) is 53.0 cm³/mol. The monoisotopic (exact) mass is 195 g/mol. The smallest absolute Gasteiger partial charge is 0.130 e. The highest BCUT2D eigenvalue weighted by atomic mass is 19.1. The van der Waals surface area contributed by atoms with E-state index in [0.717, 1.165) is 30.4 Å². The maximum absolute atomic E-state index is 13.4. The lowest BCUT2D eigenvalue weighted by molar-refractivity contribution is 0.355. The molecule has 0 amide bonds. The summed E-state index contributed by atoms with van der Waals surface area (Å²) >= 11 is 0. The van der Waals surface area contributed by atoms with Gasteiger partial charge in [0.25, 0.3) is 0 Å². The largest absolute Gasteiger partial charge is 0.493 e. The van der Waals surface area contributed by atoms with Crippen molar-refractivity contribution in [3.8, 4) is 5.75 Å². The average Bonchev–Trinajstić information content (AvgIpc) is 2.61. The van der Waals surface area contributed by atoms with E-state index in [1.807, 2.05) is 6.07 Å². The first-order valence-corrected chi connectivity index (χ1v) is 4.95. The molecule has 0 aromatic heterocycles. The summed E-state index contributed by atoms with van der Waals surface area (Å²) in [6.07, 6.45) is 2.44. The van der Waals surface area contributed by atoms with Crippen LogP contribution >= 0.6 is 0 Å². The van der Waals surface area contributed by atoms with E-state index < -0.39 is 0 Å². The zero-order valence-electron chi connectivity index (χ0n) is 8.05. The van der Waals surface area contributed by atoms with Gasteiger partial charge in [-0.3, -0.25) is 0 Å². The molecule has 0 aliphatic carbocycles. The minimum atomic E-state index is -0.167. The molecule has 1 heterocycles. The standard InChI is InChI=1S/C11H14FNO/c12-10-7-11-9(3-5-14-11)6-8(10)2-1-4-13/h6-7H,1-5,13H2. The molecule has 0 radical (unpaired) electrons. The highest BCUT2D eigenvalue weighted by Crippen LogP contribution is 2.28. The van der Waals surface area contributed by atoms with Crippen LogP contribution in [0.4, 0.5) is 4.39 Å². The Bertz CT molecular complexity index is 338. The number of halogens is 1. The fourth-order valence-corrected chi connectivity index (χ4v) is 1.74. The van der Waals surface area contributed by atoms with E-state index >= 15 is 0 Å². The van der Waals surface area contributed by atoms with Crippen molar-refractivity contribution in [3.05, 3.63) is 29.1 Å². The van der Waals surface area contributed by atoms with E-state index in [1.165, 1.54) is 6.07 Å². The fraction of sp³-hybridized carbons (Fsp3) is 0.455. The van der Waals surface area contributed by atoms with Crippen molar-refractivity contribution in [3.63, 3.8) is 0 Å². The number of hydrogen-bond donors (Lipinski definition) is 1. The normalized spacial score (nSPS) is 13.9. The Kier molecular flexibility index (Phi) is 2.68. The van der Waals surface area contributed by atoms with Crippen LogP contribution in [-0.4, -0.2) is 13.2 Å². The molecular formula is C11H14FNO.